The van der Waals surface area contributed by atoms with Gasteiger partial charge in [0.2, 0.25) is 0 Å². The summed E-state index contributed by atoms with van der Waals surface area (Å²) in [5.41, 5.74) is 1.23. The van der Waals surface area contributed by atoms with Crippen LogP contribution in [0, 0.1) is 12.8 Å². The minimum atomic E-state index is 0.839. The first-order valence-corrected chi connectivity index (χ1v) is 8.14. The van der Waals surface area contributed by atoms with Crippen LogP contribution in [-0.2, 0) is 0 Å². The summed E-state index contributed by atoms with van der Waals surface area (Å²) in [6.45, 7) is 5.35. The van der Waals surface area contributed by atoms with E-state index in [1.54, 1.807) is 0 Å². The molecule has 0 amide bonds. The monoisotopic (exact) mass is 325 g/mol. The number of hydrogen-bond donors (Lipinski definition) is 1. The molecule has 1 fully saturated rings. The summed E-state index contributed by atoms with van der Waals surface area (Å²) in [5, 5.41) is 3.42. The number of halogens is 1. The van der Waals surface area contributed by atoms with E-state index in [1.165, 1.54) is 50.8 Å². The predicted octanol–water partition coefficient (Wildman–Crippen LogP) is 4.31. The molecule has 1 aromatic carbocycles. The molecule has 1 aliphatic heterocycles. The lowest BCUT2D eigenvalue weighted by atomic mass is 9.93. The molecule has 0 bridgehead atoms. The Morgan fingerprint density at radius 1 is 1.26 bits per heavy atom. The smallest absolute Gasteiger partial charge is 0.119 e. The van der Waals surface area contributed by atoms with Crippen LogP contribution >= 0.6 is 15.9 Å². The fraction of sp³-hybridized carbons (Fsp3) is 0.625. The number of nitrogens with one attached hydrogen (secondary N) is 1. The maximum atomic E-state index is 5.80. The highest BCUT2D eigenvalue weighted by Crippen LogP contribution is 2.22. The molecule has 1 aromatic rings. The largest absolute Gasteiger partial charge is 0.494 e. The van der Waals surface area contributed by atoms with Gasteiger partial charge in [0.05, 0.1) is 6.61 Å². The lowest BCUT2D eigenvalue weighted by Crippen LogP contribution is -2.27. The van der Waals surface area contributed by atoms with Gasteiger partial charge in [-0.25, -0.2) is 0 Å². The lowest BCUT2D eigenvalue weighted by Gasteiger charge is -2.22. The number of hydrogen-bond acceptors (Lipinski definition) is 2. The van der Waals surface area contributed by atoms with Gasteiger partial charge in [-0.15, -0.1) is 0 Å². The van der Waals surface area contributed by atoms with Gasteiger partial charge in [0.15, 0.2) is 0 Å². The Hall–Kier alpha value is -0.540. The Bertz CT molecular complexity index is 388. The Balaban J connectivity index is 1.59. The average Bonchev–Trinajstić information content (AvgIpc) is 2.43. The molecule has 0 aliphatic carbocycles. The van der Waals surface area contributed by atoms with Gasteiger partial charge in [-0.3, -0.25) is 0 Å². The van der Waals surface area contributed by atoms with E-state index in [-0.39, 0.29) is 0 Å². The minimum absolute atomic E-state index is 0.839. The van der Waals surface area contributed by atoms with Crippen LogP contribution in [0.2, 0.25) is 0 Å². The van der Waals surface area contributed by atoms with Crippen LogP contribution in [0.25, 0.3) is 0 Å². The van der Waals surface area contributed by atoms with E-state index < -0.39 is 0 Å². The molecule has 1 heterocycles. The van der Waals surface area contributed by atoms with Crippen molar-refractivity contribution in [2.45, 2.75) is 39.0 Å². The van der Waals surface area contributed by atoms with E-state index in [9.17, 15) is 0 Å². The number of benzene rings is 1. The Morgan fingerprint density at radius 3 is 2.79 bits per heavy atom. The molecule has 0 saturated carbocycles. The quantitative estimate of drug-likeness (QED) is 0.787. The normalized spacial score (nSPS) is 16.5. The number of piperidine rings is 1. The van der Waals surface area contributed by atoms with Gasteiger partial charge in [-0.1, -0.05) is 22.4 Å². The van der Waals surface area contributed by atoms with Crippen molar-refractivity contribution in [3.63, 3.8) is 0 Å². The molecule has 3 heteroatoms. The summed E-state index contributed by atoms with van der Waals surface area (Å²) < 4.78 is 6.94. The zero-order chi connectivity index (χ0) is 13.5. The maximum absolute atomic E-state index is 5.80. The van der Waals surface area contributed by atoms with Gasteiger partial charge >= 0.3 is 0 Å². The van der Waals surface area contributed by atoms with E-state index in [2.05, 4.69) is 40.3 Å². The summed E-state index contributed by atoms with van der Waals surface area (Å²) >= 11 is 3.51. The average molecular weight is 326 g/mol. The number of aryl methyl sites for hydroxylation is 1. The predicted molar refractivity (Wildman–Crippen MR) is 83.8 cm³/mol. The first-order valence-electron chi connectivity index (χ1n) is 7.35. The van der Waals surface area contributed by atoms with Gasteiger partial charge in [0.1, 0.15) is 5.75 Å². The van der Waals surface area contributed by atoms with Gasteiger partial charge in [0.25, 0.3) is 0 Å². The standard InChI is InChI=1S/C16H24BrNO/c1-13-12-15(5-6-16(13)17)19-11-3-2-4-14-7-9-18-10-8-14/h5-6,12,14,18H,2-4,7-11H2,1H3. The Kier molecular flexibility index (Phi) is 6.18. The van der Waals surface area contributed by atoms with E-state index in [1.807, 2.05) is 6.07 Å². The molecular formula is C16H24BrNO. The lowest BCUT2D eigenvalue weighted by molar-refractivity contribution is 0.287. The molecule has 106 valence electrons. The second kappa shape index (κ2) is 7.91. The molecule has 0 aromatic heterocycles. The Labute approximate surface area is 125 Å². The molecule has 19 heavy (non-hydrogen) atoms. The van der Waals surface area contributed by atoms with E-state index in [4.69, 9.17) is 4.74 Å². The molecule has 1 N–H and O–H groups in total. The van der Waals surface area contributed by atoms with E-state index in [0.717, 1.165) is 22.7 Å². The van der Waals surface area contributed by atoms with Gasteiger partial charge in [-0.05, 0) is 75.4 Å². The van der Waals surface area contributed by atoms with Gasteiger partial charge in [0, 0.05) is 4.47 Å². The van der Waals surface area contributed by atoms with Crippen LogP contribution in [0.4, 0.5) is 0 Å². The molecule has 2 nitrogen and oxygen atoms in total. The third-order valence-electron chi connectivity index (χ3n) is 3.86. The third kappa shape index (κ3) is 5.15. The summed E-state index contributed by atoms with van der Waals surface area (Å²) in [4.78, 5) is 0. The van der Waals surface area contributed by atoms with Crippen LogP contribution < -0.4 is 10.1 Å². The van der Waals surface area contributed by atoms with Crippen molar-refractivity contribution < 1.29 is 4.74 Å². The van der Waals surface area contributed by atoms with Gasteiger partial charge < -0.3 is 10.1 Å². The SMILES string of the molecule is Cc1cc(OCCCCC2CCNCC2)ccc1Br. The fourth-order valence-electron chi connectivity index (χ4n) is 2.60. The van der Waals surface area contributed by atoms with E-state index >= 15 is 0 Å². The maximum Gasteiger partial charge on any atom is 0.119 e. The molecule has 0 radical (unpaired) electrons. The minimum Gasteiger partial charge on any atom is -0.494 e. The highest BCUT2D eigenvalue weighted by atomic mass is 79.9. The first kappa shape index (κ1) is 14.9. The van der Waals surface area contributed by atoms with Gasteiger partial charge in [-0.2, -0.15) is 0 Å². The summed E-state index contributed by atoms with van der Waals surface area (Å²) in [7, 11) is 0. The first-order chi connectivity index (χ1) is 9.25. The van der Waals surface area contributed by atoms with Crippen molar-refractivity contribution in [3.05, 3.63) is 28.2 Å². The highest BCUT2D eigenvalue weighted by molar-refractivity contribution is 9.10. The molecular weight excluding hydrogens is 302 g/mol. The van der Waals surface area contributed by atoms with Crippen LogP contribution in [0.1, 0.15) is 37.7 Å². The highest BCUT2D eigenvalue weighted by Gasteiger charge is 2.11. The zero-order valence-electron chi connectivity index (χ0n) is 11.8. The summed E-state index contributed by atoms with van der Waals surface area (Å²) in [5.74, 6) is 1.93. The Morgan fingerprint density at radius 2 is 2.05 bits per heavy atom. The van der Waals surface area contributed by atoms with Crippen molar-refractivity contribution >= 4 is 15.9 Å². The van der Waals surface area contributed by atoms with Crippen molar-refractivity contribution in [3.8, 4) is 5.75 Å². The number of rotatable bonds is 6. The second-order valence-corrected chi connectivity index (χ2v) is 6.30. The molecule has 0 atom stereocenters. The molecule has 0 spiro atoms. The topological polar surface area (TPSA) is 21.3 Å². The second-order valence-electron chi connectivity index (χ2n) is 5.45. The molecule has 1 saturated heterocycles. The third-order valence-corrected chi connectivity index (χ3v) is 4.75. The van der Waals surface area contributed by atoms with E-state index in [0.29, 0.717) is 0 Å². The van der Waals surface area contributed by atoms with Crippen molar-refractivity contribution in [2.24, 2.45) is 5.92 Å². The molecule has 1 aliphatic rings. The fourth-order valence-corrected chi connectivity index (χ4v) is 2.85. The van der Waals surface area contributed by atoms with Crippen molar-refractivity contribution in [1.29, 1.82) is 0 Å². The van der Waals surface area contributed by atoms with Crippen LogP contribution in [0.15, 0.2) is 22.7 Å². The molecule has 2 rings (SSSR count). The number of unbranched alkanes of at least 4 members (excludes halogenated alkanes) is 1. The van der Waals surface area contributed by atoms with Crippen LogP contribution in [0.3, 0.4) is 0 Å². The summed E-state index contributed by atoms with van der Waals surface area (Å²) in [6, 6.07) is 6.18. The van der Waals surface area contributed by atoms with Crippen LogP contribution in [-0.4, -0.2) is 19.7 Å². The number of ether oxygens (including phenoxy) is 1. The van der Waals surface area contributed by atoms with Crippen molar-refractivity contribution in [2.75, 3.05) is 19.7 Å². The van der Waals surface area contributed by atoms with Crippen LogP contribution in [0.5, 0.6) is 5.75 Å². The molecule has 0 unspecified atom stereocenters. The summed E-state index contributed by atoms with van der Waals surface area (Å²) in [6.07, 6.45) is 6.53. The zero-order valence-corrected chi connectivity index (χ0v) is 13.3. The van der Waals surface area contributed by atoms with Crippen molar-refractivity contribution in [1.82, 2.24) is 5.32 Å².